The standard InChI is InChI=1S/C17H16ClN3O2S/c1-17(2,3)14-9-24-16(20-14)21-15(23)11(8-19)6-10-4-5-13(22)12(18)7-10/h4-7,9,22H,1-3H3,(H,20,21,23)/b11-6+. The van der Waals surface area contributed by atoms with Crippen molar-refractivity contribution < 1.29 is 9.90 Å². The van der Waals surface area contributed by atoms with Crippen molar-refractivity contribution in [3.63, 3.8) is 0 Å². The molecule has 2 N–H and O–H groups in total. The Kier molecular flexibility index (Phi) is 5.27. The Morgan fingerprint density at radius 3 is 2.71 bits per heavy atom. The number of nitrogens with one attached hydrogen (secondary N) is 1. The molecule has 2 aromatic rings. The van der Waals surface area contributed by atoms with E-state index in [1.54, 1.807) is 6.07 Å². The molecule has 2 rings (SSSR count). The number of rotatable bonds is 3. The Morgan fingerprint density at radius 2 is 2.17 bits per heavy atom. The number of carbonyl (C=O) groups excluding carboxylic acids is 1. The van der Waals surface area contributed by atoms with Crippen molar-refractivity contribution >= 4 is 40.1 Å². The van der Waals surface area contributed by atoms with Crippen LogP contribution >= 0.6 is 22.9 Å². The summed E-state index contributed by atoms with van der Waals surface area (Å²) in [7, 11) is 0. The third-order valence-corrected chi connectivity index (χ3v) is 4.20. The highest BCUT2D eigenvalue weighted by Crippen LogP contribution is 2.27. The molecule has 0 bridgehead atoms. The fourth-order valence-corrected chi connectivity index (χ4v) is 2.89. The lowest BCUT2D eigenvalue weighted by Crippen LogP contribution is -2.15. The van der Waals surface area contributed by atoms with Gasteiger partial charge in [0.1, 0.15) is 17.4 Å². The number of phenolic OH excluding ortho intramolecular Hbond substituents is 1. The molecular formula is C17H16ClN3O2S. The van der Waals surface area contributed by atoms with Gasteiger partial charge in [0.2, 0.25) is 0 Å². The van der Waals surface area contributed by atoms with Gasteiger partial charge in [0, 0.05) is 10.8 Å². The molecule has 24 heavy (non-hydrogen) atoms. The van der Waals surface area contributed by atoms with E-state index >= 15 is 0 Å². The normalized spacial score (nSPS) is 11.9. The molecule has 0 aliphatic heterocycles. The number of thiazole rings is 1. The number of aromatic nitrogens is 1. The fourth-order valence-electron chi connectivity index (χ4n) is 1.77. The van der Waals surface area contributed by atoms with Crippen LogP contribution in [0.5, 0.6) is 5.75 Å². The Bertz CT molecular complexity index is 844. The van der Waals surface area contributed by atoms with Crippen molar-refractivity contribution in [1.29, 1.82) is 5.26 Å². The van der Waals surface area contributed by atoms with Crippen LogP contribution < -0.4 is 5.32 Å². The zero-order chi connectivity index (χ0) is 17.9. The van der Waals surface area contributed by atoms with E-state index in [2.05, 4.69) is 10.3 Å². The SMILES string of the molecule is CC(C)(C)c1csc(NC(=O)/C(C#N)=C/c2ccc(O)c(Cl)c2)n1. The lowest BCUT2D eigenvalue weighted by atomic mass is 9.93. The highest BCUT2D eigenvalue weighted by molar-refractivity contribution is 7.14. The number of halogens is 1. The summed E-state index contributed by atoms with van der Waals surface area (Å²) >= 11 is 7.13. The van der Waals surface area contributed by atoms with Gasteiger partial charge in [-0.2, -0.15) is 5.26 Å². The number of phenols is 1. The van der Waals surface area contributed by atoms with E-state index in [9.17, 15) is 15.2 Å². The molecule has 0 unspecified atom stereocenters. The Morgan fingerprint density at radius 1 is 1.46 bits per heavy atom. The van der Waals surface area contributed by atoms with E-state index in [1.165, 1.54) is 29.5 Å². The molecule has 5 nitrogen and oxygen atoms in total. The van der Waals surface area contributed by atoms with E-state index in [0.29, 0.717) is 10.7 Å². The minimum absolute atomic E-state index is 0.0609. The van der Waals surface area contributed by atoms with Gasteiger partial charge >= 0.3 is 0 Å². The van der Waals surface area contributed by atoms with Crippen LogP contribution in [0.25, 0.3) is 6.08 Å². The number of amides is 1. The van der Waals surface area contributed by atoms with Crippen molar-refractivity contribution in [2.45, 2.75) is 26.2 Å². The van der Waals surface area contributed by atoms with E-state index < -0.39 is 5.91 Å². The van der Waals surface area contributed by atoms with Crippen molar-refractivity contribution in [3.05, 3.63) is 45.4 Å². The first-order chi connectivity index (χ1) is 11.2. The number of aromatic hydroxyl groups is 1. The largest absolute Gasteiger partial charge is 0.506 e. The zero-order valence-corrected chi connectivity index (χ0v) is 15.0. The highest BCUT2D eigenvalue weighted by Gasteiger charge is 2.19. The summed E-state index contributed by atoms with van der Waals surface area (Å²) < 4.78 is 0. The van der Waals surface area contributed by atoms with Crippen LogP contribution in [-0.4, -0.2) is 16.0 Å². The van der Waals surface area contributed by atoms with Crippen LogP contribution in [0.15, 0.2) is 29.2 Å². The highest BCUT2D eigenvalue weighted by atomic mass is 35.5. The molecular weight excluding hydrogens is 346 g/mol. The second kappa shape index (κ2) is 7.04. The molecule has 1 amide bonds. The van der Waals surface area contributed by atoms with E-state index in [-0.39, 0.29) is 21.8 Å². The summed E-state index contributed by atoms with van der Waals surface area (Å²) in [5.74, 6) is -0.606. The van der Waals surface area contributed by atoms with Gasteiger partial charge in [0.25, 0.3) is 5.91 Å². The van der Waals surface area contributed by atoms with E-state index in [0.717, 1.165) is 5.69 Å². The predicted octanol–water partition coefficient (Wildman–Crippen LogP) is 4.35. The molecule has 0 aliphatic carbocycles. The topological polar surface area (TPSA) is 86.0 Å². The first-order valence-corrected chi connectivity index (χ1v) is 8.34. The first-order valence-electron chi connectivity index (χ1n) is 7.08. The lowest BCUT2D eigenvalue weighted by molar-refractivity contribution is -0.112. The Hall–Kier alpha value is -2.36. The molecule has 1 heterocycles. The molecule has 7 heteroatoms. The number of anilines is 1. The number of hydrogen-bond donors (Lipinski definition) is 2. The predicted molar refractivity (Wildman–Crippen MR) is 96.2 cm³/mol. The van der Waals surface area contributed by atoms with Gasteiger partial charge in [-0.1, -0.05) is 38.4 Å². The van der Waals surface area contributed by atoms with Crippen molar-refractivity contribution in [2.24, 2.45) is 0 Å². The average Bonchev–Trinajstić information content (AvgIpc) is 2.97. The maximum Gasteiger partial charge on any atom is 0.268 e. The fraction of sp³-hybridized carbons (Fsp3) is 0.235. The minimum Gasteiger partial charge on any atom is -0.506 e. The minimum atomic E-state index is -0.545. The molecule has 0 saturated carbocycles. The van der Waals surface area contributed by atoms with Crippen LogP contribution in [-0.2, 0) is 10.2 Å². The lowest BCUT2D eigenvalue weighted by Gasteiger charge is -2.14. The van der Waals surface area contributed by atoms with Crippen LogP contribution in [0.3, 0.4) is 0 Å². The number of nitrogens with zero attached hydrogens (tertiary/aromatic N) is 2. The summed E-state index contributed by atoms with van der Waals surface area (Å²) in [5.41, 5.74) is 1.22. The molecule has 0 atom stereocenters. The molecule has 0 radical (unpaired) electrons. The van der Waals surface area contributed by atoms with Crippen LogP contribution in [0.1, 0.15) is 32.0 Å². The molecule has 0 saturated heterocycles. The van der Waals surface area contributed by atoms with Gasteiger partial charge < -0.3 is 5.11 Å². The van der Waals surface area contributed by atoms with Gasteiger partial charge in [-0.15, -0.1) is 11.3 Å². The third-order valence-electron chi connectivity index (χ3n) is 3.14. The molecule has 0 spiro atoms. The van der Waals surface area contributed by atoms with Crippen molar-refractivity contribution in [2.75, 3.05) is 5.32 Å². The second-order valence-electron chi connectivity index (χ2n) is 6.12. The smallest absolute Gasteiger partial charge is 0.268 e. The van der Waals surface area contributed by atoms with E-state index in [4.69, 9.17) is 11.6 Å². The van der Waals surface area contributed by atoms with Crippen LogP contribution in [0.2, 0.25) is 5.02 Å². The first kappa shape index (κ1) is 18.0. The molecule has 1 aromatic heterocycles. The van der Waals surface area contributed by atoms with E-state index in [1.807, 2.05) is 32.2 Å². The van der Waals surface area contributed by atoms with Crippen LogP contribution in [0, 0.1) is 11.3 Å². The quantitative estimate of drug-likeness (QED) is 0.628. The van der Waals surface area contributed by atoms with Gasteiger partial charge in [-0.05, 0) is 23.8 Å². The number of benzene rings is 1. The molecule has 0 fully saturated rings. The molecule has 124 valence electrons. The molecule has 1 aromatic carbocycles. The Labute approximate surface area is 149 Å². The number of hydrogen-bond acceptors (Lipinski definition) is 5. The second-order valence-corrected chi connectivity index (χ2v) is 7.39. The van der Waals surface area contributed by atoms with Gasteiger partial charge in [-0.25, -0.2) is 4.98 Å². The van der Waals surface area contributed by atoms with Crippen LogP contribution in [0.4, 0.5) is 5.13 Å². The average molecular weight is 362 g/mol. The van der Waals surface area contributed by atoms with Crippen molar-refractivity contribution in [3.8, 4) is 11.8 Å². The summed E-state index contributed by atoms with van der Waals surface area (Å²) in [6.07, 6.45) is 1.40. The maximum atomic E-state index is 12.2. The van der Waals surface area contributed by atoms with Gasteiger partial charge in [-0.3, -0.25) is 10.1 Å². The molecule has 0 aliphatic rings. The number of carbonyl (C=O) groups is 1. The monoisotopic (exact) mass is 361 g/mol. The maximum absolute atomic E-state index is 12.2. The zero-order valence-electron chi connectivity index (χ0n) is 13.4. The van der Waals surface area contributed by atoms with Gasteiger partial charge in [0.05, 0.1) is 10.7 Å². The summed E-state index contributed by atoms with van der Waals surface area (Å²) in [5, 5.41) is 23.7. The van der Waals surface area contributed by atoms with Crippen molar-refractivity contribution in [1.82, 2.24) is 4.98 Å². The number of nitriles is 1. The Balaban J connectivity index is 2.20. The summed E-state index contributed by atoms with van der Waals surface area (Å²) in [4.78, 5) is 16.6. The van der Waals surface area contributed by atoms with Gasteiger partial charge in [0.15, 0.2) is 5.13 Å². The summed E-state index contributed by atoms with van der Waals surface area (Å²) in [6, 6.07) is 6.30. The third kappa shape index (κ3) is 4.34. The summed E-state index contributed by atoms with van der Waals surface area (Å²) in [6.45, 7) is 6.09.